The summed E-state index contributed by atoms with van der Waals surface area (Å²) < 4.78 is 18.8. The van der Waals surface area contributed by atoms with Crippen LogP contribution in [-0.4, -0.2) is 55.2 Å². The third-order valence-corrected chi connectivity index (χ3v) is 5.68. The first-order chi connectivity index (χ1) is 13.0. The molecule has 150 valence electrons. The van der Waals surface area contributed by atoms with Crippen LogP contribution in [0.15, 0.2) is 29.3 Å². The molecule has 2 heterocycles. The predicted molar refractivity (Wildman–Crippen MR) is 108 cm³/mol. The van der Waals surface area contributed by atoms with E-state index in [4.69, 9.17) is 9.73 Å². The van der Waals surface area contributed by atoms with Gasteiger partial charge in [-0.15, -0.1) is 0 Å². The van der Waals surface area contributed by atoms with Crippen LogP contribution in [0.3, 0.4) is 0 Å². The van der Waals surface area contributed by atoms with Gasteiger partial charge in [0.05, 0.1) is 6.54 Å². The summed E-state index contributed by atoms with van der Waals surface area (Å²) in [6.45, 7) is 5.44. The smallest absolute Gasteiger partial charge is 0.191 e. The lowest BCUT2D eigenvalue weighted by Crippen LogP contribution is -2.56. The van der Waals surface area contributed by atoms with Gasteiger partial charge in [0.1, 0.15) is 17.7 Å². The lowest BCUT2D eigenvalue weighted by Gasteiger charge is -2.47. The summed E-state index contributed by atoms with van der Waals surface area (Å²) in [7, 11) is 2.28. The third-order valence-electron chi connectivity index (χ3n) is 5.68. The van der Waals surface area contributed by atoms with Gasteiger partial charge in [-0.3, -0.25) is 0 Å². The molecule has 5 nitrogen and oxygen atoms in total. The zero-order chi connectivity index (χ0) is 19.2. The van der Waals surface area contributed by atoms with Gasteiger partial charge >= 0.3 is 0 Å². The van der Waals surface area contributed by atoms with E-state index in [2.05, 4.69) is 29.5 Å². The normalized spacial score (nSPS) is 27.1. The maximum Gasteiger partial charge on any atom is 0.191 e. The van der Waals surface area contributed by atoms with Gasteiger partial charge in [-0.1, -0.05) is 6.42 Å². The predicted octanol–water partition coefficient (Wildman–Crippen LogP) is 3.16. The maximum atomic E-state index is 13.0. The first-order valence-corrected chi connectivity index (χ1v) is 10.2. The van der Waals surface area contributed by atoms with E-state index in [0.717, 1.165) is 12.5 Å². The molecule has 3 atom stereocenters. The van der Waals surface area contributed by atoms with Gasteiger partial charge < -0.3 is 20.3 Å². The maximum absolute atomic E-state index is 13.0. The van der Waals surface area contributed by atoms with Crippen LogP contribution in [0.5, 0.6) is 5.75 Å². The highest BCUT2D eigenvalue weighted by Gasteiger charge is 2.36. The molecule has 0 spiro atoms. The van der Waals surface area contributed by atoms with Crippen molar-refractivity contribution in [3.63, 3.8) is 0 Å². The minimum atomic E-state index is -0.255. The molecule has 0 aromatic heterocycles. The molecule has 0 amide bonds. The van der Waals surface area contributed by atoms with Gasteiger partial charge in [-0.2, -0.15) is 0 Å². The van der Waals surface area contributed by atoms with Crippen molar-refractivity contribution in [2.75, 3.05) is 20.1 Å². The van der Waals surface area contributed by atoms with Gasteiger partial charge in [-0.25, -0.2) is 9.38 Å². The second-order valence-corrected chi connectivity index (χ2v) is 7.82. The van der Waals surface area contributed by atoms with E-state index in [9.17, 15) is 4.39 Å². The summed E-state index contributed by atoms with van der Waals surface area (Å²) in [4.78, 5) is 7.29. The molecule has 6 heteroatoms. The number of nitrogens with zero attached hydrogens (tertiary/aromatic N) is 2. The highest BCUT2D eigenvalue weighted by molar-refractivity contribution is 5.80. The molecule has 1 aromatic rings. The van der Waals surface area contributed by atoms with Gasteiger partial charge in [-0.05, 0) is 70.8 Å². The van der Waals surface area contributed by atoms with Gasteiger partial charge in [0.25, 0.3) is 0 Å². The number of benzene rings is 1. The quantitative estimate of drug-likeness (QED) is 0.591. The van der Waals surface area contributed by atoms with Gasteiger partial charge in [0, 0.05) is 24.7 Å². The van der Waals surface area contributed by atoms with Crippen LogP contribution in [0.25, 0.3) is 0 Å². The molecule has 0 saturated carbocycles. The summed E-state index contributed by atoms with van der Waals surface area (Å²) >= 11 is 0. The summed E-state index contributed by atoms with van der Waals surface area (Å²) in [5.41, 5.74) is 0. The second-order valence-electron chi connectivity index (χ2n) is 7.82. The van der Waals surface area contributed by atoms with Crippen LogP contribution in [0.4, 0.5) is 4.39 Å². The molecular weight excluding hydrogens is 343 g/mol. The van der Waals surface area contributed by atoms with Gasteiger partial charge in [0.2, 0.25) is 0 Å². The minimum absolute atomic E-state index is 0.0808. The van der Waals surface area contributed by atoms with Crippen LogP contribution in [0, 0.1) is 5.82 Å². The van der Waals surface area contributed by atoms with Gasteiger partial charge in [0.15, 0.2) is 5.96 Å². The number of hydrogen-bond donors (Lipinski definition) is 2. The second kappa shape index (κ2) is 9.40. The third kappa shape index (κ3) is 5.58. The fraction of sp³-hybridized carbons (Fsp3) is 0.667. The Labute approximate surface area is 162 Å². The standard InChI is InChI=1S/C21H33FN4O/c1-4-23-21(24-14-15(2)27-20-10-8-16(22)9-11-20)25-17-12-18-6-5-7-19(13-17)26(18)3/h8-11,15,17-19H,4-7,12-14H2,1-3H3,(H2,23,24,25). The average Bonchev–Trinajstić information content (AvgIpc) is 2.63. The summed E-state index contributed by atoms with van der Waals surface area (Å²) in [5, 5.41) is 6.99. The Balaban J connectivity index is 1.53. The van der Waals surface area contributed by atoms with Crippen LogP contribution < -0.4 is 15.4 Å². The molecule has 2 aliphatic rings. The van der Waals surface area contributed by atoms with Crippen molar-refractivity contribution in [3.8, 4) is 5.75 Å². The van der Waals surface area contributed by atoms with Crippen molar-refractivity contribution in [3.05, 3.63) is 30.1 Å². The molecular formula is C21H33FN4O. The topological polar surface area (TPSA) is 48.9 Å². The van der Waals surface area contributed by atoms with E-state index < -0.39 is 0 Å². The molecule has 2 saturated heterocycles. The molecule has 0 radical (unpaired) electrons. The van der Waals surface area contributed by atoms with Crippen LogP contribution in [-0.2, 0) is 0 Å². The molecule has 3 rings (SSSR count). The summed E-state index contributed by atoms with van der Waals surface area (Å²) in [6.07, 6.45) is 6.25. The molecule has 0 aliphatic carbocycles. The van der Waals surface area contributed by atoms with E-state index in [1.807, 2.05) is 6.92 Å². The number of hydrogen-bond acceptors (Lipinski definition) is 3. The van der Waals surface area contributed by atoms with E-state index >= 15 is 0 Å². The number of nitrogens with one attached hydrogen (secondary N) is 2. The van der Waals surface area contributed by atoms with Crippen molar-refractivity contribution in [1.29, 1.82) is 0 Å². The van der Waals surface area contributed by atoms with E-state index in [-0.39, 0.29) is 11.9 Å². The largest absolute Gasteiger partial charge is 0.489 e. The molecule has 3 unspecified atom stereocenters. The number of ether oxygens (including phenoxy) is 1. The lowest BCUT2D eigenvalue weighted by atomic mass is 9.82. The summed E-state index contributed by atoms with van der Waals surface area (Å²) in [5.74, 6) is 1.27. The summed E-state index contributed by atoms with van der Waals surface area (Å²) in [6, 6.07) is 7.98. The number of fused-ring (bicyclic) bond motifs is 2. The van der Waals surface area contributed by atoms with Crippen molar-refractivity contribution in [2.24, 2.45) is 4.99 Å². The molecule has 2 N–H and O–H groups in total. The lowest BCUT2D eigenvalue weighted by molar-refractivity contribution is 0.0526. The molecule has 2 bridgehead atoms. The highest BCUT2D eigenvalue weighted by atomic mass is 19.1. The number of piperidine rings is 2. The van der Waals surface area contributed by atoms with Crippen LogP contribution in [0.2, 0.25) is 0 Å². The Bertz CT molecular complexity index is 607. The number of halogens is 1. The zero-order valence-corrected chi connectivity index (χ0v) is 16.7. The van der Waals surface area contributed by atoms with Crippen molar-refractivity contribution in [2.45, 2.75) is 70.2 Å². The first-order valence-electron chi connectivity index (χ1n) is 10.2. The van der Waals surface area contributed by atoms with Crippen LogP contribution >= 0.6 is 0 Å². The first kappa shape index (κ1) is 19.9. The van der Waals surface area contributed by atoms with E-state index in [1.165, 1.54) is 44.2 Å². The molecule has 27 heavy (non-hydrogen) atoms. The number of aliphatic imine (C=N–C) groups is 1. The Morgan fingerprint density at radius 1 is 1.26 bits per heavy atom. The van der Waals surface area contributed by atoms with E-state index in [1.54, 1.807) is 12.1 Å². The molecule has 2 aliphatic heterocycles. The molecule has 2 fully saturated rings. The van der Waals surface area contributed by atoms with Crippen molar-refractivity contribution >= 4 is 5.96 Å². The Hall–Kier alpha value is -1.82. The Morgan fingerprint density at radius 3 is 2.56 bits per heavy atom. The zero-order valence-electron chi connectivity index (χ0n) is 16.7. The van der Waals surface area contributed by atoms with E-state index in [0.29, 0.717) is 30.4 Å². The SMILES string of the molecule is CCNC(=NCC(C)Oc1ccc(F)cc1)NC1CC2CCCC(C1)N2C. The fourth-order valence-electron chi connectivity index (χ4n) is 4.25. The average molecular weight is 377 g/mol. The molecule has 1 aromatic carbocycles. The van der Waals surface area contributed by atoms with Crippen molar-refractivity contribution in [1.82, 2.24) is 15.5 Å². The number of guanidine groups is 1. The van der Waals surface area contributed by atoms with Crippen LogP contribution in [0.1, 0.15) is 46.0 Å². The number of rotatable bonds is 6. The Kier molecular flexibility index (Phi) is 6.94. The Morgan fingerprint density at radius 2 is 1.93 bits per heavy atom. The minimum Gasteiger partial charge on any atom is -0.489 e. The fourth-order valence-corrected chi connectivity index (χ4v) is 4.25. The van der Waals surface area contributed by atoms with Crippen molar-refractivity contribution < 1.29 is 9.13 Å². The monoisotopic (exact) mass is 376 g/mol. The highest BCUT2D eigenvalue weighted by Crippen LogP contribution is 2.32.